The van der Waals surface area contributed by atoms with E-state index >= 15 is 0 Å². The summed E-state index contributed by atoms with van der Waals surface area (Å²) >= 11 is 4.85. The van der Waals surface area contributed by atoms with Gasteiger partial charge in [-0.3, -0.25) is 0 Å². The first-order valence-corrected chi connectivity index (χ1v) is 7.47. The van der Waals surface area contributed by atoms with Crippen LogP contribution in [0.5, 0.6) is 0 Å². The van der Waals surface area contributed by atoms with Crippen molar-refractivity contribution in [1.82, 2.24) is 4.98 Å². The van der Waals surface area contributed by atoms with Crippen LogP contribution < -0.4 is 0 Å². The topological polar surface area (TPSA) is 12.9 Å². The lowest BCUT2D eigenvalue weighted by Crippen LogP contribution is -1.85. The van der Waals surface area contributed by atoms with Gasteiger partial charge in [-0.25, -0.2) is 13.8 Å². The van der Waals surface area contributed by atoms with Crippen molar-refractivity contribution >= 4 is 27.3 Å². The Kier molecular flexibility index (Phi) is 3.63. The van der Waals surface area contributed by atoms with Gasteiger partial charge in [0.1, 0.15) is 5.01 Å². The van der Waals surface area contributed by atoms with E-state index < -0.39 is 11.6 Å². The molecule has 0 aliphatic rings. The van der Waals surface area contributed by atoms with Gasteiger partial charge in [-0.2, -0.15) is 0 Å². The number of nitrogens with zero attached hydrogens (tertiary/aromatic N) is 1. The molecule has 3 aromatic rings. The highest BCUT2D eigenvalue weighted by Gasteiger charge is 2.09. The highest BCUT2D eigenvalue weighted by Crippen LogP contribution is 2.30. The van der Waals surface area contributed by atoms with Crippen molar-refractivity contribution in [1.29, 1.82) is 0 Å². The molecule has 1 nitrogen and oxygen atoms in total. The second kappa shape index (κ2) is 5.42. The maximum atomic E-state index is 13.2. The molecule has 0 unspecified atom stereocenters. The number of benzene rings is 2. The third-order valence-electron chi connectivity index (χ3n) is 2.81. The Hall–Kier alpha value is -1.59. The Morgan fingerprint density at radius 2 is 1.60 bits per heavy atom. The predicted molar refractivity (Wildman–Crippen MR) is 80.6 cm³/mol. The van der Waals surface area contributed by atoms with Crippen LogP contribution in [0.1, 0.15) is 0 Å². The number of hydrogen-bond acceptors (Lipinski definition) is 2. The average Bonchev–Trinajstić information content (AvgIpc) is 2.92. The van der Waals surface area contributed by atoms with E-state index in [1.165, 1.54) is 17.4 Å². The van der Waals surface area contributed by atoms with E-state index in [4.69, 9.17) is 0 Å². The molecule has 20 heavy (non-hydrogen) atoms. The minimum Gasteiger partial charge on any atom is -0.236 e. The third kappa shape index (κ3) is 2.64. The summed E-state index contributed by atoms with van der Waals surface area (Å²) in [5.41, 5.74) is 2.21. The lowest BCUT2D eigenvalue weighted by atomic mass is 10.1. The molecule has 3 rings (SSSR count). The maximum absolute atomic E-state index is 13.2. The predicted octanol–water partition coefficient (Wildman–Crippen LogP) is 5.52. The van der Waals surface area contributed by atoms with Crippen molar-refractivity contribution in [3.05, 3.63) is 64.0 Å². The van der Waals surface area contributed by atoms with Gasteiger partial charge < -0.3 is 0 Å². The zero-order valence-corrected chi connectivity index (χ0v) is 12.5. The fourth-order valence-corrected chi connectivity index (χ4v) is 2.89. The van der Waals surface area contributed by atoms with Crippen molar-refractivity contribution in [2.45, 2.75) is 0 Å². The quantitative estimate of drug-likeness (QED) is 0.592. The van der Waals surface area contributed by atoms with Gasteiger partial charge in [-0.05, 0) is 30.3 Å². The Morgan fingerprint density at radius 3 is 2.30 bits per heavy atom. The lowest BCUT2D eigenvalue weighted by Gasteiger charge is -1.98. The summed E-state index contributed by atoms with van der Waals surface area (Å²) in [7, 11) is 0. The highest BCUT2D eigenvalue weighted by molar-refractivity contribution is 9.10. The van der Waals surface area contributed by atoms with Gasteiger partial charge in [0, 0.05) is 21.0 Å². The monoisotopic (exact) mass is 351 g/mol. The zero-order chi connectivity index (χ0) is 14.1. The molecule has 1 aromatic heterocycles. The average molecular weight is 352 g/mol. The van der Waals surface area contributed by atoms with Gasteiger partial charge in [-0.15, -0.1) is 11.3 Å². The maximum Gasteiger partial charge on any atom is 0.159 e. The largest absolute Gasteiger partial charge is 0.236 e. The summed E-state index contributed by atoms with van der Waals surface area (Å²) in [5.74, 6) is -1.71. The van der Waals surface area contributed by atoms with Gasteiger partial charge in [0.05, 0.1) is 5.69 Å². The SMILES string of the molecule is Fc1ccc(-c2csc(-c3ccc(Br)cc3)n2)cc1F. The number of hydrogen-bond donors (Lipinski definition) is 0. The van der Waals surface area contributed by atoms with Gasteiger partial charge >= 0.3 is 0 Å². The van der Waals surface area contributed by atoms with Crippen molar-refractivity contribution in [3.8, 4) is 21.8 Å². The molecule has 100 valence electrons. The molecule has 0 aliphatic heterocycles. The van der Waals surface area contributed by atoms with Crippen molar-refractivity contribution in [2.24, 2.45) is 0 Å². The Labute approximate surface area is 127 Å². The van der Waals surface area contributed by atoms with Crippen LogP contribution in [-0.4, -0.2) is 4.98 Å². The number of aromatic nitrogens is 1. The molecule has 0 amide bonds. The van der Waals surface area contributed by atoms with E-state index in [2.05, 4.69) is 20.9 Å². The van der Waals surface area contributed by atoms with Gasteiger partial charge in [0.2, 0.25) is 0 Å². The van der Waals surface area contributed by atoms with Crippen LogP contribution in [0.25, 0.3) is 21.8 Å². The molecule has 0 saturated heterocycles. The van der Waals surface area contributed by atoms with Gasteiger partial charge in [0.15, 0.2) is 11.6 Å². The van der Waals surface area contributed by atoms with Crippen molar-refractivity contribution in [3.63, 3.8) is 0 Å². The Balaban J connectivity index is 1.97. The lowest BCUT2D eigenvalue weighted by molar-refractivity contribution is 0.509. The molecule has 0 bridgehead atoms. The summed E-state index contributed by atoms with van der Waals surface area (Å²) < 4.78 is 27.2. The summed E-state index contributed by atoms with van der Waals surface area (Å²) in [4.78, 5) is 4.47. The smallest absolute Gasteiger partial charge is 0.159 e. The highest BCUT2D eigenvalue weighted by atomic mass is 79.9. The van der Waals surface area contributed by atoms with E-state index in [0.717, 1.165) is 27.2 Å². The van der Waals surface area contributed by atoms with Crippen LogP contribution in [-0.2, 0) is 0 Å². The minimum atomic E-state index is -0.860. The number of rotatable bonds is 2. The molecule has 0 spiro atoms. The second-order valence-electron chi connectivity index (χ2n) is 4.17. The first kappa shape index (κ1) is 13.4. The molecule has 1 heterocycles. The van der Waals surface area contributed by atoms with Crippen LogP contribution in [0.15, 0.2) is 52.3 Å². The van der Waals surface area contributed by atoms with Gasteiger partial charge in [-0.1, -0.05) is 28.1 Å². The molecule has 0 N–H and O–H groups in total. The molecule has 0 fully saturated rings. The van der Waals surface area contributed by atoms with Crippen molar-refractivity contribution < 1.29 is 8.78 Å². The van der Waals surface area contributed by atoms with E-state index in [-0.39, 0.29) is 0 Å². The summed E-state index contributed by atoms with van der Waals surface area (Å²) in [6, 6.07) is 11.6. The minimum absolute atomic E-state index is 0.573. The van der Waals surface area contributed by atoms with Gasteiger partial charge in [0.25, 0.3) is 0 Å². The fraction of sp³-hybridized carbons (Fsp3) is 0. The summed E-state index contributed by atoms with van der Waals surface area (Å²) in [6.45, 7) is 0. The standard InChI is InChI=1S/C15H8BrF2NS/c16-11-4-1-9(2-5-11)15-19-14(8-20-15)10-3-6-12(17)13(18)7-10/h1-8H. The van der Waals surface area contributed by atoms with E-state index in [9.17, 15) is 8.78 Å². The van der Waals surface area contributed by atoms with E-state index in [1.807, 2.05) is 29.6 Å². The molecule has 0 saturated carbocycles. The van der Waals surface area contributed by atoms with Crippen LogP contribution >= 0.6 is 27.3 Å². The second-order valence-corrected chi connectivity index (χ2v) is 5.95. The van der Waals surface area contributed by atoms with Crippen LogP contribution in [0, 0.1) is 11.6 Å². The third-order valence-corrected chi connectivity index (χ3v) is 4.23. The van der Waals surface area contributed by atoms with Crippen LogP contribution in [0.2, 0.25) is 0 Å². The zero-order valence-electron chi connectivity index (χ0n) is 10.1. The number of halogens is 3. The summed E-state index contributed by atoms with van der Waals surface area (Å²) in [5, 5.41) is 2.68. The molecule has 5 heteroatoms. The summed E-state index contributed by atoms with van der Waals surface area (Å²) in [6.07, 6.45) is 0. The Bertz CT molecular complexity index is 753. The molecule has 0 atom stereocenters. The normalized spacial score (nSPS) is 10.8. The van der Waals surface area contributed by atoms with E-state index in [0.29, 0.717) is 11.3 Å². The van der Waals surface area contributed by atoms with Crippen LogP contribution in [0.3, 0.4) is 0 Å². The number of thiazole rings is 1. The first-order chi connectivity index (χ1) is 9.63. The molecular formula is C15H8BrF2NS. The van der Waals surface area contributed by atoms with Crippen LogP contribution in [0.4, 0.5) is 8.78 Å². The molecule has 0 radical (unpaired) electrons. The van der Waals surface area contributed by atoms with Crippen molar-refractivity contribution in [2.75, 3.05) is 0 Å². The first-order valence-electron chi connectivity index (χ1n) is 5.80. The fourth-order valence-electron chi connectivity index (χ4n) is 1.79. The molecule has 0 aliphatic carbocycles. The van der Waals surface area contributed by atoms with E-state index in [1.54, 1.807) is 0 Å². The molecular weight excluding hydrogens is 344 g/mol. The Morgan fingerprint density at radius 1 is 0.900 bits per heavy atom. The molecule has 2 aromatic carbocycles.